The smallest absolute Gasteiger partial charge is 0.256 e. The van der Waals surface area contributed by atoms with Gasteiger partial charge in [-0.2, -0.15) is 0 Å². The first-order chi connectivity index (χ1) is 9.15. The van der Waals surface area contributed by atoms with Gasteiger partial charge in [0.1, 0.15) is 5.01 Å². The molecule has 1 aliphatic heterocycles. The third kappa shape index (κ3) is 2.18. The maximum atomic E-state index is 11.9. The molecule has 0 saturated heterocycles. The minimum Gasteiger partial charge on any atom is -0.321 e. The highest BCUT2D eigenvalue weighted by molar-refractivity contribution is 7.72. The van der Waals surface area contributed by atoms with Gasteiger partial charge in [-0.05, 0) is 24.3 Å². The van der Waals surface area contributed by atoms with Crippen molar-refractivity contribution in [2.75, 3.05) is 5.32 Å². The van der Waals surface area contributed by atoms with E-state index in [9.17, 15) is 13.2 Å². The molecule has 5 nitrogen and oxygen atoms in total. The first-order valence-corrected chi connectivity index (χ1v) is 7.42. The number of benzene rings is 1. The summed E-state index contributed by atoms with van der Waals surface area (Å²) in [5, 5.41) is 5.21. The third-order valence-electron chi connectivity index (χ3n) is 2.72. The number of thiazole rings is 1. The molecular weight excluding hydrogens is 284 g/mol. The van der Waals surface area contributed by atoms with Crippen LogP contribution in [0.25, 0.3) is 11.6 Å². The van der Waals surface area contributed by atoms with E-state index in [-0.39, 0.29) is 10.8 Å². The van der Waals surface area contributed by atoms with Crippen LogP contribution in [0, 0.1) is 0 Å². The fourth-order valence-corrected chi connectivity index (χ4v) is 2.86. The Balaban J connectivity index is 2.15. The van der Waals surface area contributed by atoms with Crippen molar-refractivity contribution in [3.05, 3.63) is 40.3 Å². The fourth-order valence-electron chi connectivity index (χ4n) is 1.86. The maximum Gasteiger partial charge on any atom is 0.256 e. The summed E-state index contributed by atoms with van der Waals surface area (Å²) in [6, 6.07) is 4.56. The fraction of sp³-hybridized carbons (Fsp3) is 0. The quantitative estimate of drug-likeness (QED) is 0.651. The molecular formula is C12H8N2O3S2. The van der Waals surface area contributed by atoms with E-state index in [2.05, 4.69) is 10.3 Å². The molecule has 1 aromatic carbocycles. The normalized spacial score (nSPS) is 15.8. The Kier molecular flexibility index (Phi) is 2.92. The van der Waals surface area contributed by atoms with E-state index in [1.54, 1.807) is 18.3 Å². The Morgan fingerprint density at radius 2 is 2.16 bits per heavy atom. The number of carbonyl (C=O) groups is 1. The predicted molar refractivity (Wildman–Crippen MR) is 73.6 cm³/mol. The van der Waals surface area contributed by atoms with Gasteiger partial charge in [0, 0.05) is 22.8 Å². The second-order valence-corrected chi connectivity index (χ2v) is 5.83. The molecule has 0 spiro atoms. The summed E-state index contributed by atoms with van der Waals surface area (Å²) in [5.41, 5.74) is 1.65. The Morgan fingerprint density at radius 3 is 2.84 bits per heavy atom. The van der Waals surface area contributed by atoms with E-state index < -0.39 is 10.7 Å². The summed E-state index contributed by atoms with van der Waals surface area (Å²) in [6.07, 6.45) is 3.31. The molecule has 19 heavy (non-hydrogen) atoms. The molecule has 0 atom stereocenters. The minimum absolute atomic E-state index is 0.190. The van der Waals surface area contributed by atoms with Gasteiger partial charge in [0.05, 0.1) is 10.5 Å². The summed E-state index contributed by atoms with van der Waals surface area (Å²) in [6.45, 7) is 0. The average molecular weight is 292 g/mol. The first kappa shape index (κ1) is 12.1. The van der Waals surface area contributed by atoms with E-state index in [0.29, 0.717) is 21.8 Å². The molecule has 1 amide bonds. The molecule has 3 rings (SSSR count). The lowest BCUT2D eigenvalue weighted by molar-refractivity contribution is -0.110. The number of anilines is 1. The molecule has 0 unspecified atom stereocenters. The lowest BCUT2D eigenvalue weighted by Crippen LogP contribution is -2.03. The van der Waals surface area contributed by atoms with Gasteiger partial charge in [-0.3, -0.25) is 4.79 Å². The van der Waals surface area contributed by atoms with Crippen LogP contribution in [0.2, 0.25) is 0 Å². The predicted octanol–water partition coefficient (Wildman–Crippen LogP) is 1.61. The van der Waals surface area contributed by atoms with Crippen molar-refractivity contribution in [1.29, 1.82) is 0 Å². The van der Waals surface area contributed by atoms with E-state index in [1.807, 2.05) is 5.38 Å². The van der Waals surface area contributed by atoms with Gasteiger partial charge in [-0.15, -0.1) is 11.3 Å². The third-order valence-corrected chi connectivity index (χ3v) is 4.14. The summed E-state index contributed by atoms with van der Waals surface area (Å²) < 4.78 is 22.0. The molecule has 2 aromatic rings. The van der Waals surface area contributed by atoms with Gasteiger partial charge >= 0.3 is 0 Å². The molecule has 1 N–H and O–H groups in total. The van der Waals surface area contributed by atoms with Gasteiger partial charge in [0.15, 0.2) is 10.7 Å². The summed E-state index contributed by atoms with van der Waals surface area (Å²) >= 11 is 1.41. The number of aromatic nitrogens is 1. The molecule has 2 heterocycles. The zero-order chi connectivity index (χ0) is 13.4. The number of amides is 1. The SMILES string of the molecule is O=C1Nc2ccc([SH](=O)=O)cc2/C1=C\c1nccs1. The molecule has 0 bridgehead atoms. The lowest BCUT2D eigenvalue weighted by Gasteiger charge is -1.98. The largest absolute Gasteiger partial charge is 0.321 e. The van der Waals surface area contributed by atoms with Gasteiger partial charge in [-0.25, -0.2) is 13.4 Å². The molecule has 1 aromatic heterocycles. The Morgan fingerprint density at radius 1 is 1.32 bits per heavy atom. The molecule has 7 heteroatoms. The van der Waals surface area contributed by atoms with Crippen LogP contribution in [0.5, 0.6) is 0 Å². The van der Waals surface area contributed by atoms with Crippen LogP contribution in [-0.4, -0.2) is 19.3 Å². The Labute approximate surface area is 114 Å². The monoisotopic (exact) mass is 292 g/mol. The van der Waals surface area contributed by atoms with Crippen molar-refractivity contribution in [1.82, 2.24) is 4.98 Å². The molecule has 0 fully saturated rings. The Hall–Kier alpha value is -1.99. The molecule has 96 valence electrons. The number of carbonyl (C=O) groups excluding carboxylic acids is 1. The van der Waals surface area contributed by atoms with Crippen LogP contribution in [0.4, 0.5) is 5.69 Å². The lowest BCUT2D eigenvalue weighted by atomic mass is 10.1. The van der Waals surface area contributed by atoms with Gasteiger partial charge in [0.25, 0.3) is 5.91 Å². The van der Waals surface area contributed by atoms with Crippen molar-refractivity contribution >= 4 is 45.3 Å². The zero-order valence-electron chi connectivity index (χ0n) is 9.49. The van der Waals surface area contributed by atoms with Crippen molar-refractivity contribution in [3.8, 4) is 0 Å². The first-order valence-electron chi connectivity index (χ1n) is 5.36. The summed E-state index contributed by atoms with van der Waals surface area (Å²) in [4.78, 5) is 16.2. The molecule has 1 aliphatic rings. The number of rotatable bonds is 2. The van der Waals surface area contributed by atoms with Crippen LogP contribution in [-0.2, 0) is 15.5 Å². The zero-order valence-corrected chi connectivity index (χ0v) is 11.2. The van der Waals surface area contributed by atoms with Crippen LogP contribution in [0.1, 0.15) is 10.6 Å². The number of hydrogen-bond acceptors (Lipinski definition) is 5. The maximum absolute atomic E-state index is 11.9. The molecule has 0 aliphatic carbocycles. The van der Waals surface area contributed by atoms with E-state index in [4.69, 9.17) is 0 Å². The van der Waals surface area contributed by atoms with Crippen molar-refractivity contribution in [3.63, 3.8) is 0 Å². The van der Waals surface area contributed by atoms with Crippen molar-refractivity contribution in [2.24, 2.45) is 0 Å². The summed E-state index contributed by atoms with van der Waals surface area (Å²) in [7, 11) is -2.66. The van der Waals surface area contributed by atoms with E-state index in [1.165, 1.54) is 23.5 Å². The highest BCUT2D eigenvalue weighted by Gasteiger charge is 2.24. The topological polar surface area (TPSA) is 76.1 Å². The number of nitrogens with one attached hydrogen (secondary N) is 1. The van der Waals surface area contributed by atoms with Gasteiger partial charge < -0.3 is 5.32 Å². The number of thiol groups is 1. The highest BCUT2D eigenvalue weighted by atomic mass is 32.2. The molecule has 0 radical (unpaired) electrons. The summed E-state index contributed by atoms with van der Waals surface area (Å²) in [5.74, 6) is -0.247. The number of nitrogens with zero attached hydrogens (tertiary/aromatic N) is 1. The highest BCUT2D eigenvalue weighted by Crippen LogP contribution is 2.34. The van der Waals surface area contributed by atoms with Crippen molar-refractivity contribution in [2.45, 2.75) is 4.90 Å². The molecule has 0 saturated carbocycles. The minimum atomic E-state index is -2.66. The standard InChI is InChI=1S/C12H8N2O3S2/c15-12-9(6-11-13-3-4-18-11)8-5-7(19(16)17)1-2-10(8)14-12/h1-6,19H,(H,14,15)/b9-6+. The van der Waals surface area contributed by atoms with Crippen LogP contribution in [0.15, 0.2) is 34.7 Å². The van der Waals surface area contributed by atoms with Crippen molar-refractivity contribution < 1.29 is 13.2 Å². The average Bonchev–Trinajstić information content (AvgIpc) is 2.98. The second-order valence-electron chi connectivity index (χ2n) is 3.87. The van der Waals surface area contributed by atoms with Crippen LogP contribution < -0.4 is 5.32 Å². The number of fused-ring (bicyclic) bond motifs is 1. The second kappa shape index (κ2) is 4.60. The van der Waals surface area contributed by atoms with E-state index >= 15 is 0 Å². The van der Waals surface area contributed by atoms with Crippen LogP contribution >= 0.6 is 11.3 Å². The van der Waals surface area contributed by atoms with Crippen LogP contribution in [0.3, 0.4) is 0 Å². The van der Waals surface area contributed by atoms with E-state index in [0.717, 1.165) is 0 Å². The van der Waals surface area contributed by atoms with Gasteiger partial charge in [-0.1, -0.05) is 0 Å². The van der Waals surface area contributed by atoms with Gasteiger partial charge in [0.2, 0.25) is 0 Å². The Bertz CT molecular complexity index is 753. The number of hydrogen-bond donors (Lipinski definition) is 2.